The Morgan fingerprint density at radius 3 is 2.69 bits per heavy atom. The van der Waals surface area contributed by atoms with Gasteiger partial charge in [0.2, 0.25) is 0 Å². The van der Waals surface area contributed by atoms with Gasteiger partial charge in [0.1, 0.15) is 5.78 Å². The third kappa shape index (κ3) is 5.90. The summed E-state index contributed by atoms with van der Waals surface area (Å²) in [6, 6.07) is 0.161. The lowest BCUT2D eigenvalue weighted by atomic mass is 9.99. The van der Waals surface area contributed by atoms with E-state index in [-0.39, 0.29) is 6.04 Å². The van der Waals surface area contributed by atoms with Crippen LogP contribution in [0.4, 0.5) is 0 Å². The first kappa shape index (κ1) is 14.0. The maximum atomic E-state index is 11.9. The lowest BCUT2D eigenvalue weighted by Crippen LogP contribution is -2.40. The van der Waals surface area contributed by atoms with Crippen LogP contribution in [0.15, 0.2) is 0 Å². The Morgan fingerprint density at radius 1 is 1.38 bits per heavy atom. The van der Waals surface area contributed by atoms with E-state index in [4.69, 9.17) is 0 Å². The van der Waals surface area contributed by atoms with Gasteiger partial charge in [0, 0.05) is 11.2 Å². The van der Waals surface area contributed by atoms with Crippen LogP contribution in [0.5, 0.6) is 0 Å². The first-order valence-electron chi connectivity index (χ1n) is 6.39. The van der Waals surface area contributed by atoms with Crippen LogP contribution in [-0.2, 0) is 4.79 Å². The molecule has 0 aromatic carbocycles. The van der Waals surface area contributed by atoms with Crippen LogP contribution in [0.2, 0.25) is 0 Å². The Kier molecular flexibility index (Phi) is 5.84. The van der Waals surface area contributed by atoms with Crippen molar-refractivity contribution in [2.45, 2.75) is 63.7 Å². The molecule has 1 rings (SSSR count). The largest absolute Gasteiger partial charge is 0.307 e. The van der Waals surface area contributed by atoms with E-state index in [1.807, 2.05) is 11.8 Å². The van der Waals surface area contributed by atoms with Crippen LogP contribution >= 0.6 is 11.8 Å². The number of rotatable bonds is 5. The average molecular weight is 243 g/mol. The monoisotopic (exact) mass is 243 g/mol. The molecule has 0 aromatic heterocycles. The summed E-state index contributed by atoms with van der Waals surface area (Å²) in [5.74, 6) is 1.52. The molecule has 1 aliphatic heterocycles. The molecule has 1 fully saturated rings. The van der Waals surface area contributed by atoms with E-state index in [0.717, 1.165) is 31.6 Å². The molecule has 3 heteroatoms. The van der Waals surface area contributed by atoms with Gasteiger partial charge < -0.3 is 5.32 Å². The Morgan fingerprint density at radius 2 is 2.12 bits per heavy atom. The summed E-state index contributed by atoms with van der Waals surface area (Å²) < 4.78 is 0.326. The number of piperidine rings is 1. The summed E-state index contributed by atoms with van der Waals surface area (Å²) in [4.78, 5) is 11.9. The van der Waals surface area contributed by atoms with Gasteiger partial charge in [0.05, 0.1) is 6.04 Å². The maximum absolute atomic E-state index is 11.9. The van der Waals surface area contributed by atoms with Gasteiger partial charge in [-0.05, 0) is 31.6 Å². The fourth-order valence-corrected chi connectivity index (χ4v) is 2.83. The van der Waals surface area contributed by atoms with Crippen LogP contribution in [0.25, 0.3) is 0 Å². The topological polar surface area (TPSA) is 29.1 Å². The molecule has 0 spiro atoms. The summed E-state index contributed by atoms with van der Waals surface area (Å²) in [7, 11) is 0. The predicted molar refractivity (Wildman–Crippen MR) is 72.1 cm³/mol. The second-order valence-electron chi connectivity index (χ2n) is 5.53. The minimum absolute atomic E-state index is 0.161. The number of ketones is 1. The molecule has 16 heavy (non-hydrogen) atoms. The number of carbonyl (C=O) groups excluding carboxylic acids is 1. The summed E-state index contributed by atoms with van der Waals surface area (Å²) in [5, 5.41) is 3.32. The van der Waals surface area contributed by atoms with Crippen molar-refractivity contribution in [2.75, 3.05) is 12.3 Å². The highest BCUT2D eigenvalue weighted by Gasteiger charge is 2.19. The van der Waals surface area contributed by atoms with Gasteiger partial charge in [-0.2, -0.15) is 11.8 Å². The summed E-state index contributed by atoms with van der Waals surface area (Å²) in [6.07, 6.45) is 5.26. The first-order valence-corrected chi connectivity index (χ1v) is 7.38. The zero-order chi connectivity index (χ0) is 12.0. The second kappa shape index (κ2) is 6.65. The molecule has 2 nitrogen and oxygen atoms in total. The van der Waals surface area contributed by atoms with Crippen molar-refractivity contribution in [3.8, 4) is 0 Å². The Hall–Kier alpha value is -0.0200. The normalized spacial score (nSPS) is 22.1. The molecule has 1 atom stereocenters. The Labute approximate surface area is 104 Å². The van der Waals surface area contributed by atoms with E-state index in [2.05, 4.69) is 26.1 Å². The van der Waals surface area contributed by atoms with Crippen LogP contribution in [-0.4, -0.2) is 28.9 Å². The molecule has 1 N–H and O–H groups in total. The zero-order valence-electron chi connectivity index (χ0n) is 10.8. The highest BCUT2D eigenvalue weighted by molar-refractivity contribution is 8.00. The minimum atomic E-state index is 0.161. The molecule has 0 unspecified atom stereocenters. The van der Waals surface area contributed by atoms with Gasteiger partial charge in [-0.1, -0.05) is 27.2 Å². The highest BCUT2D eigenvalue weighted by atomic mass is 32.2. The maximum Gasteiger partial charge on any atom is 0.149 e. The number of nitrogens with one attached hydrogen (secondary N) is 1. The summed E-state index contributed by atoms with van der Waals surface area (Å²) in [6.45, 7) is 7.69. The van der Waals surface area contributed by atoms with Crippen LogP contribution < -0.4 is 5.32 Å². The molecule has 1 heterocycles. The lowest BCUT2D eigenvalue weighted by molar-refractivity contribution is -0.121. The second-order valence-corrected chi connectivity index (χ2v) is 7.45. The number of hydrogen-bond acceptors (Lipinski definition) is 3. The number of thioether (sulfide) groups is 1. The molecule has 0 saturated carbocycles. The lowest BCUT2D eigenvalue weighted by Gasteiger charge is -2.22. The third-order valence-corrected chi connectivity index (χ3v) is 4.16. The van der Waals surface area contributed by atoms with Gasteiger partial charge in [-0.15, -0.1) is 0 Å². The van der Waals surface area contributed by atoms with Crippen molar-refractivity contribution in [3.05, 3.63) is 0 Å². The highest BCUT2D eigenvalue weighted by Crippen LogP contribution is 2.24. The van der Waals surface area contributed by atoms with E-state index in [0.29, 0.717) is 10.5 Å². The quantitative estimate of drug-likeness (QED) is 0.753. The standard InChI is InChI=1S/C13H25NOS/c1-13(2,3)16-10-6-8-12(15)11-7-4-5-9-14-11/h11,14H,4-10H2,1-3H3/t11-/m0/s1. The Balaban J connectivity index is 2.10. The summed E-state index contributed by atoms with van der Waals surface area (Å²) in [5.41, 5.74) is 0. The molecule has 1 aliphatic rings. The van der Waals surface area contributed by atoms with Gasteiger partial charge in [0.15, 0.2) is 0 Å². The van der Waals surface area contributed by atoms with E-state index in [1.54, 1.807) is 0 Å². The fourth-order valence-electron chi connectivity index (χ4n) is 1.93. The van der Waals surface area contributed by atoms with Gasteiger partial charge in [0.25, 0.3) is 0 Å². The van der Waals surface area contributed by atoms with Gasteiger partial charge in [-0.25, -0.2) is 0 Å². The van der Waals surface area contributed by atoms with E-state index < -0.39 is 0 Å². The minimum Gasteiger partial charge on any atom is -0.307 e. The zero-order valence-corrected chi connectivity index (χ0v) is 11.7. The van der Waals surface area contributed by atoms with E-state index >= 15 is 0 Å². The predicted octanol–water partition coefficient (Wildman–Crippen LogP) is 3.01. The molecule has 0 radical (unpaired) electrons. The fraction of sp³-hybridized carbons (Fsp3) is 0.923. The van der Waals surface area contributed by atoms with Gasteiger partial charge in [-0.3, -0.25) is 4.79 Å². The van der Waals surface area contributed by atoms with Crippen molar-refractivity contribution in [1.82, 2.24) is 5.32 Å². The number of carbonyl (C=O) groups is 1. The van der Waals surface area contributed by atoms with Crippen molar-refractivity contribution < 1.29 is 4.79 Å². The van der Waals surface area contributed by atoms with Crippen molar-refractivity contribution >= 4 is 17.5 Å². The van der Waals surface area contributed by atoms with Crippen LogP contribution in [0.1, 0.15) is 52.9 Å². The molecular formula is C13H25NOS. The SMILES string of the molecule is CC(C)(C)SCCCC(=O)[C@@H]1CCCCN1. The molecule has 0 aliphatic carbocycles. The van der Waals surface area contributed by atoms with Crippen LogP contribution in [0.3, 0.4) is 0 Å². The molecular weight excluding hydrogens is 218 g/mol. The molecule has 0 amide bonds. The van der Waals surface area contributed by atoms with Crippen molar-refractivity contribution in [1.29, 1.82) is 0 Å². The molecule has 94 valence electrons. The third-order valence-electron chi connectivity index (χ3n) is 2.80. The number of hydrogen-bond donors (Lipinski definition) is 1. The van der Waals surface area contributed by atoms with E-state index in [9.17, 15) is 4.79 Å². The van der Waals surface area contributed by atoms with Crippen molar-refractivity contribution in [2.24, 2.45) is 0 Å². The summed E-state index contributed by atoms with van der Waals surface area (Å²) >= 11 is 1.95. The van der Waals surface area contributed by atoms with Crippen molar-refractivity contribution in [3.63, 3.8) is 0 Å². The van der Waals surface area contributed by atoms with Gasteiger partial charge >= 0.3 is 0 Å². The molecule has 1 saturated heterocycles. The number of Topliss-reactive ketones (excluding diaryl/α,β-unsaturated/α-hetero) is 1. The smallest absolute Gasteiger partial charge is 0.149 e. The molecule has 0 aromatic rings. The Bertz CT molecular complexity index is 216. The average Bonchev–Trinajstić information content (AvgIpc) is 2.24. The van der Waals surface area contributed by atoms with Crippen LogP contribution in [0, 0.1) is 0 Å². The van der Waals surface area contributed by atoms with E-state index in [1.165, 1.54) is 12.8 Å². The first-order chi connectivity index (χ1) is 7.49. The molecule has 0 bridgehead atoms.